The first kappa shape index (κ1) is 9.71. The van der Waals surface area contributed by atoms with E-state index in [9.17, 15) is 9.18 Å². The number of nitrogens with zero attached hydrogens (tertiary/aromatic N) is 1. The van der Waals surface area contributed by atoms with Gasteiger partial charge in [0.2, 0.25) is 0 Å². The van der Waals surface area contributed by atoms with Gasteiger partial charge in [-0.1, -0.05) is 0 Å². The summed E-state index contributed by atoms with van der Waals surface area (Å²) >= 11 is 0. The van der Waals surface area contributed by atoms with Crippen molar-refractivity contribution in [2.24, 2.45) is 7.05 Å². The smallest absolute Gasteiger partial charge is 0.352 e. The molecule has 1 heterocycles. The summed E-state index contributed by atoms with van der Waals surface area (Å²) in [5.74, 6) is -1.43. The first-order valence-corrected chi connectivity index (χ1v) is 4.49. The summed E-state index contributed by atoms with van der Waals surface area (Å²) in [6, 6.07) is 4.52. The number of hydrogen-bond acceptors (Lipinski definition) is 1. The normalized spacial score (nSPS) is 10.9. The van der Waals surface area contributed by atoms with Gasteiger partial charge in [0.15, 0.2) is 0 Å². The summed E-state index contributed by atoms with van der Waals surface area (Å²) in [6.07, 6.45) is 0. The minimum Gasteiger partial charge on any atom is -0.477 e. The molecule has 0 bridgehead atoms. The molecule has 0 amide bonds. The van der Waals surface area contributed by atoms with Crippen LogP contribution in [0.15, 0.2) is 18.2 Å². The van der Waals surface area contributed by atoms with Crippen LogP contribution in [0.3, 0.4) is 0 Å². The maximum absolute atomic E-state index is 13.5. The Hall–Kier alpha value is -1.84. The molecule has 4 heteroatoms. The summed E-state index contributed by atoms with van der Waals surface area (Å²) in [7, 11) is 1.62. The minimum atomic E-state index is -1.05. The standard InChI is InChI=1S/C11H10FNO2/c1-6-3-8(12)7-5-10(11(14)15)13(2)9(7)4-6/h3-5H,1-2H3,(H,14,15). The molecule has 3 nitrogen and oxygen atoms in total. The maximum Gasteiger partial charge on any atom is 0.352 e. The summed E-state index contributed by atoms with van der Waals surface area (Å²) in [5, 5.41) is 9.23. The number of benzene rings is 1. The molecule has 0 atom stereocenters. The van der Waals surface area contributed by atoms with Crippen molar-refractivity contribution in [3.8, 4) is 0 Å². The lowest BCUT2D eigenvalue weighted by molar-refractivity contribution is 0.0687. The quantitative estimate of drug-likeness (QED) is 0.779. The van der Waals surface area contributed by atoms with Crippen molar-refractivity contribution < 1.29 is 14.3 Å². The third-order valence-electron chi connectivity index (χ3n) is 2.47. The van der Waals surface area contributed by atoms with E-state index in [1.165, 1.54) is 16.7 Å². The summed E-state index contributed by atoms with van der Waals surface area (Å²) in [4.78, 5) is 10.8. The average Bonchev–Trinajstić information content (AvgIpc) is 2.44. The number of fused-ring (bicyclic) bond motifs is 1. The molecule has 0 unspecified atom stereocenters. The van der Waals surface area contributed by atoms with Crippen LogP contribution in [0.4, 0.5) is 4.39 Å². The molecule has 0 fully saturated rings. The molecule has 1 aromatic carbocycles. The molecule has 2 rings (SSSR count). The van der Waals surface area contributed by atoms with Gasteiger partial charge in [-0.2, -0.15) is 0 Å². The van der Waals surface area contributed by atoms with E-state index >= 15 is 0 Å². The number of carbonyl (C=O) groups is 1. The summed E-state index contributed by atoms with van der Waals surface area (Å²) < 4.78 is 15.0. The van der Waals surface area contributed by atoms with Crippen molar-refractivity contribution in [3.05, 3.63) is 35.3 Å². The predicted octanol–water partition coefficient (Wildman–Crippen LogP) is 2.32. The van der Waals surface area contributed by atoms with Crippen LogP contribution < -0.4 is 0 Å². The molecule has 0 spiro atoms. The fourth-order valence-electron chi connectivity index (χ4n) is 1.72. The lowest BCUT2D eigenvalue weighted by Gasteiger charge is -2.00. The van der Waals surface area contributed by atoms with Crippen LogP contribution >= 0.6 is 0 Å². The van der Waals surface area contributed by atoms with Crippen LogP contribution in [-0.4, -0.2) is 15.6 Å². The highest BCUT2D eigenvalue weighted by molar-refractivity contribution is 5.94. The van der Waals surface area contributed by atoms with Crippen molar-refractivity contribution in [3.63, 3.8) is 0 Å². The van der Waals surface area contributed by atoms with Gasteiger partial charge in [0, 0.05) is 12.4 Å². The van der Waals surface area contributed by atoms with Crippen molar-refractivity contribution in [2.45, 2.75) is 6.92 Å². The predicted molar refractivity (Wildman–Crippen MR) is 54.6 cm³/mol. The Kier molecular flexibility index (Phi) is 2.00. The van der Waals surface area contributed by atoms with E-state index in [0.29, 0.717) is 10.9 Å². The molecule has 0 saturated heterocycles. The molecule has 15 heavy (non-hydrogen) atoms. The molecule has 0 radical (unpaired) electrons. The van der Waals surface area contributed by atoms with Crippen LogP contribution in [0.25, 0.3) is 10.9 Å². The van der Waals surface area contributed by atoms with Crippen molar-refractivity contribution >= 4 is 16.9 Å². The lowest BCUT2D eigenvalue weighted by atomic mass is 10.2. The molecule has 1 aromatic heterocycles. The number of hydrogen-bond donors (Lipinski definition) is 1. The Morgan fingerprint density at radius 2 is 2.07 bits per heavy atom. The maximum atomic E-state index is 13.5. The van der Waals surface area contributed by atoms with Crippen molar-refractivity contribution in [1.82, 2.24) is 4.57 Å². The molecule has 1 N–H and O–H groups in total. The van der Waals surface area contributed by atoms with Gasteiger partial charge in [0.05, 0.1) is 5.52 Å². The number of aryl methyl sites for hydroxylation is 2. The van der Waals surface area contributed by atoms with Gasteiger partial charge in [-0.15, -0.1) is 0 Å². The number of halogens is 1. The third kappa shape index (κ3) is 1.38. The Labute approximate surface area is 85.7 Å². The van der Waals surface area contributed by atoms with Gasteiger partial charge in [-0.25, -0.2) is 9.18 Å². The van der Waals surface area contributed by atoms with Gasteiger partial charge in [0.25, 0.3) is 0 Å². The highest BCUT2D eigenvalue weighted by Gasteiger charge is 2.14. The van der Waals surface area contributed by atoms with Gasteiger partial charge in [-0.05, 0) is 30.7 Å². The fraction of sp³-hybridized carbons (Fsp3) is 0.182. The van der Waals surface area contributed by atoms with E-state index in [-0.39, 0.29) is 11.5 Å². The van der Waals surface area contributed by atoms with E-state index in [1.807, 2.05) is 0 Å². The second kappa shape index (κ2) is 3.08. The fourth-order valence-corrected chi connectivity index (χ4v) is 1.72. The monoisotopic (exact) mass is 207 g/mol. The molecule has 78 valence electrons. The Balaban J connectivity index is 2.88. The Bertz CT molecular complexity index is 557. The number of rotatable bonds is 1. The average molecular weight is 207 g/mol. The minimum absolute atomic E-state index is 0.0921. The molecular formula is C11H10FNO2. The van der Waals surface area contributed by atoms with Crippen LogP contribution in [0.2, 0.25) is 0 Å². The number of aromatic carboxylic acids is 1. The number of aromatic nitrogens is 1. The third-order valence-corrected chi connectivity index (χ3v) is 2.47. The number of carboxylic acids is 1. The second-order valence-electron chi connectivity index (χ2n) is 3.57. The molecule has 0 aliphatic rings. The van der Waals surface area contributed by atoms with Gasteiger partial charge in [0.1, 0.15) is 11.5 Å². The highest BCUT2D eigenvalue weighted by atomic mass is 19.1. The summed E-state index contributed by atoms with van der Waals surface area (Å²) in [6.45, 7) is 1.77. The zero-order chi connectivity index (χ0) is 11.2. The highest BCUT2D eigenvalue weighted by Crippen LogP contribution is 2.23. The van der Waals surface area contributed by atoms with E-state index < -0.39 is 5.97 Å². The molecular weight excluding hydrogens is 197 g/mol. The molecule has 0 saturated carbocycles. The van der Waals surface area contributed by atoms with E-state index in [1.54, 1.807) is 20.0 Å². The molecule has 0 aliphatic heterocycles. The van der Waals surface area contributed by atoms with E-state index in [2.05, 4.69) is 0 Å². The van der Waals surface area contributed by atoms with Crippen LogP contribution in [-0.2, 0) is 7.05 Å². The molecule has 2 aromatic rings. The van der Waals surface area contributed by atoms with Crippen molar-refractivity contribution in [2.75, 3.05) is 0 Å². The first-order valence-electron chi connectivity index (χ1n) is 4.49. The topological polar surface area (TPSA) is 42.2 Å². The van der Waals surface area contributed by atoms with Gasteiger partial charge >= 0.3 is 5.97 Å². The summed E-state index contributed by atoms with van der Waals surface area (Å²) in [5.41, 5.74) is 1.47. The van der Waals surface area contributed by atoms with Gasteiger partial charge < -0.3 is 9.67 Å². The first-order chi connectivity index (χ1) is 7.00. The van der Waals surface area contributed by atoms with E-state index in [4.69, 9.17) is 5.11 Å². The van der Waals surface area contributed by atoms with Crippen LogP contribution in [0, 0.1) is 12.7 Å². The molecule has 0 aliphatic carbocycles. The van der Waals surface area contributed by atoms with E-state index in [0.717, 1.165) is 5.56 Å². The van der Waals surface area contributed by atoms with Crippen LogP contribution in [0.5, 0.6) is 0 Å². The lowest BCUT2D eigenvalue weighted by Crippen LogP contribution is -2.03. The second-order valence-corrected chi connectivity index (χ2v) is 3.57. The Morgan fingerprint density at radius 1 is 1.40 bits per heavy atom. The zero-order valence-corrected chi connectivity index (χ0v) is 8.41. The Morgan fingerprint density at radius 3 is 2.67 bits per heavy atom. The SMILES string of the molecule is Cc1cc(F)c2cc(C(=O)O)n(C)c2c1. The van der Waals surface area contributed by atoms with Gasteiger partial charge in [-0.3, -0.25) is 0 Å². The van der Waals surface area contributed by atoms with Crippen molar-refractivity contribution in [1.29, 1.82) is 0 Å². The largest absolute Gasteiger partial charge is 0.477 e. The number of carboxylic acid groups (broad SMARTS) is 1. The van der Waals surface area contributed by atoms with Crippen LogP contribution in [0.1, 0.15) is 16.1 Å². The zero-order valence-electron chi connectivity index (χ0n) is 8.41.